The van der Waals surface area contributed by atoms with Crippen LogP contribution < -0.4 is 4.74 Å². The van der Waals surface area contributed by atoms with E-state index in [9.17, 15) is 18.0 Å². The van der Waals surface area contributed by atoms with Crippen LogP contribution in [-0.4, -0.2) is 71.1 Å². The van der Waals surface area contributed by atoms with Gasteiger partial charge in [0, 0.05) is 50.0 Å². The zero-order valence-electron chi connectivity index (χ0n) is 20.8. The maximum atomic E-state index is 13.4. The van der Waals surface area contributed by atoms with Gasteiger partial charge < -0.3 is 14.5 Å². The normalized spacial score (nSPS) is 23.6. The molecule has 1 aromatic heterocycles. The molecule has 2 atom stereocenters. The number of halogens is 3. The number of methoxy groups -OCH3 is 1. The van der Waals surface area contributed by atoms with Crippen LogP contribution in [0.25, 0.3) is 0 Å². The second-order valence-electron chi connectivity index (χ2n) is 10.1. The molecule has 2 aromatic rings. The Morgan fingerprint density at radius 3 is 2.56 bits per heavy atom. The highest BCUT2D eigenvalue weighted by Crippen LogP contribution is 2.37. The molecule has 2 saturated heterocycles. The van der Waals surface area contributed by atoms with E-state index < -0.39 is 11.7 Å². The summed E-state index contributed by atoms with van der Waals surface area (Å²) in [6, 6.07) is 9.64. The van der Waals surface area contributed by atoms with Gasteiger partial charge in [0.25, 0.3) is 0 Å². The van der Waals surface area contributed by atoms with E-state index in [0.29, 0.717) is 42.7 Å². The molecule has 36 heavy (non-hydrogen) atoms. The summed E-state index contributed by atoms with van der Waals surface area (Å²) >= 11 is 0. The number of rotatable bonds is 3. The summed E-state index contributed by atoms with van der Waals surface area (Å²) in [4.78, 5) is 23.5. The van der Waals surface area contributed by atoms with Crippen molar-refractivity contribution < 1.29 is 22.7 Å². The van der Waals surface area contributed by atoms with Crippen LogP contribution in [0, 0.1) is 0 Å². The number of benzene rings is 1. The lowest BCUT2D eigenvalue weighted by Gasteiger charge is -2.40. The first-order valence-corrected chi connectivity index (χ1v) is 12.7. The fourth-order valence-electron chi connectivity index (χ4n) is 6.15. The van der Waals surface area contributed by atoms with Crippen LogP contribution in [0.3, 0.4) is 0 Å². The predicted molar refractivity (Wildman–Crippen MR) is 130 cm³/mol. The topological polar surface area (TPSA) is 48.9 Å². The molecular formula is C27H33F3N4O2. The standard InChI is InChI=1S/C27H33F3N4O2/c1-18-24(32-11-7-19(8-12-32)22-5-3-4-6-25(22)36-2)10-14-34(18)26(35)33-13-9-23-20(17-33)15-21(16-31-23)27(28,29)30/h3-6,15-16,18-19,24H,7-14,17H2,1-2H3/t18-,24?/m0/s1. The van der Waals surface area contributed by atoms with Gasteiger partial charge in [-0.3, -0.25) is 9.88 Å². The Labute approximate surface area is 210 Å². The van der Waals surface area contributed by atoms with Gasteiger partial charge >= 0.3 is 12.2 Å². The lowest BCUT2D eigenvalue weighted by atomic mass is 9.88. The molecule has 0 spiro atoms. The first-order valence-electron chi connectivity index (χ1n) is 12.7. The largest absolute Gasteiger partial charge is 0.496 e. The molecule has 4 heterocycles. The number of ether oxygens (including phenoxy) is 1. The first kappa shape index (κ1) is 24.9. The Bertz CT molecular complexity index is 1100. The highest BCUT2D eigenvalue weighted by Gasteiger charge is 2.41. The van der Waals surface area contributed by atoms with Crippen LogP contribution in [-0.2, 0) is 19.1 Å². The molecule has 0 N–H and O–H groups in total. The average molecular weight is 503 g/mol. The number of aromatic nitrogens is 1. The number of alkyl halides is 3. The Morgan fingerprint density at radius 1 is 1.08 bits per heavy atom. The molecule has 5 rings (SSSR count). The fourth-order valence-corrected chi connectivity index (χ4v) is 6.15. The minimum absolute atomic E-state index is 0.0568. The number of nitrogens with zero attached hydrogens (tertiary/aromatic N) is 4. The third-order valence-corrected chi connectivity index (χ3v) is 8.17. The van der Waals surface area contributed by atoms with Crippen molar-refractivity contribution in [1.29, 1.82) is 0 Å². The summed E-state index contributed by atoms with van der Waals surface area (Å²) in [5.74, 6) is 1.41. The van der Waals surface area contributed by atoms with E-state index in [1.54, 1.807) is 12.0 Å². The molecular weight excluding hydrogens is 469 g/mol. The number of hydrogen-bond acceptors (Lipinski definition) is 4. The highest BCUT2D eigenvalue weighted by molar-refractivity contribution is 5.75. The Balaban J connectivity index is 1.20. The van der Waals surface area contributed by atoms with Crippen molar-refractivity contribution in [3.8, 4) is 5.75 Å². The average Bonchev–Trinajstić information content (AvgIpc) is 3.28. The van der Waals surface area contributed by atoms with Gasteiger partial charge in [0.15, 0.2) is 0 Å². The minimum atomic E-state index is -4.44. The van der Waals surface area contributed by atoms with Gasteiger partial charge in [0.05, 0.1) is 12.7 Å². The minimum Gasteiger partial charge on any atom is -0.496 e. The summed E-state index contributed by atoms with van der Waals surface area (Å²) in [6.45, 7) is 5.36. The molecule has 3 aliphatic heterocycles. The van der Waals surface area contributed by atoms with Crippen molar-refractivity contribution in [3.05, 3.63) is 58.9 Å². The molecule has 1 unspecified atom stereocenters. The van der Waals surface area contributed by atoms with Crippen molar-refractivity contribution in [2.75, 3.05) is 33.3 Å². The second kappa shape index (κ2) is 9.92. The van der Waals surface area contributed by atoms with Gasteiger partial charge in [0.2, 0.25) is 0 Å². The predicted octanol–water partition coefficient (Wildman–Crippen LogP) is 4.93. The quantitative estimate of drug-likeness (QED) is 0.597. The zero-order chi connectivity index (χ0) is 25.4. The lowest BCUT2D eigenvalue weighted by molar-refractivity contribution is -0.137. The van der Waals surface area contributed by atoms with Gasteiger partial charge in [-0.05, 0) is 68.5 Å². The summed E-state index contributed by atoms with van der Waals surface area (Å²) in [6.07, 6.45) is -0.0632. The molecule has 0 bridgehead atoms. The van der Waals surface area contributed by atoms with Crippen molar-refractivity contribution in [3.63, 3.8) is 0 Å². The Kier molecular flexibility index (Phi) is 6.85. The number of carbonyl (C=O) groups excluding carboxylic acids is 1. The van der Waals surface area contributed by atoms with Crippen LogP contribution in [0.1, 0.15) is 54.5 Å². The number of hydrogen-bond donors (Lipinski definition) is 0. The maximum Gasteiger partial charge on any atom is 0.417 e. The van der Waals surface area contributed by atoms with Crippen LogP contribution in [0.5, 0.6) is 5.75 Å². The summed E-state index contributed by atoms with van der Waals surface area (Å²) in [7, 11) is 1.71. The van der Waals surface area contributed by atoms with Gasteiger partial charge in [-0.2, -0.15) is 13.2 Å². The molecule has 0 saturated carbocycles. The molecule has 194 valence electrons. The SMILES string of the molecule is COc1ccccc1C1CCN(C2CCN(C(=O)N3CCc4ncc(C(F)(F)F)cc4C3)[C@H]2C)CC1. The van der Waals surface area contributed by atoms with Crippen molar-refractivity contribution in [2.24, 2.45) is 0 Å². The van der Waals surface area contributed by atoms with Crippen molar-refractivity contribution >= 4 is 6.03 Å². The Hall–Kier alpha value is -2.81. The molecule has 2 fully saturated rings. The molecule has 1 aromatic carbocycles. The van der Waals surface area contributed by atoms with E-state index in [-0.39, 0.29) is 18.6 Å². The number of amides is 2. The lowest BCUT2D eigenvalue weighted by Crippen LogP contribution is -2.51. The van der Waals surface area contributed by atoms with E-state index in [4.69, 9.17) is 4.74 Å². The molecule has 6 nitrogen and oxygen atoms in total. The molecule has 0 radical (unpaired) electrons. The van der Waals surface area contributed by atoms with Gasteiger partial charge in [-0.15, -0.1) is 0 Å². The van der Waals surface area contributed by atoms with E-state index >= 15 is 0 Å². The number of para-hydroxylation sites is 1. The van der Waals surface area contributed by atoms with E-state index in [1.807, 2.05) is 17.0 Å². The van der Waals surface area contributed by atoms with Crippen LogP contribution in [0.2, 0.25) is 0 Å². The number of likely N-dealkylation sites (tertiary alicyclic amines) is 2. The molecule has 9 heteroatoms. The van der Waals surface area contributed by atoms with Crippen molar-refractivity contribution in [2.45, 2.75) is 63.3 Å². The molecule has 3 aliphatic rings. The fraction of sp³-hybridized carbons (Fsp3) is 0.556. The molecule has 2 amide bonds. The maximum absolute atomic E-state index is 13.4. The summed E-state index contributed by atoms with van der Waals surface area (Å²) in [5.41, 5.74) is 1.65. The number of urea groups is 1. The smallest absolute Gasteiger partial charge is 0.417 e. The van der Waals surface area contributed by atoms with Crippen LogP contribution in [0.15, 0.2) is 36.5 Å². The van der Waals surface area contributed by atoms with Gasteiger partial charge in [0.1, 0.15) is 5.75 Å². The Morgan fingerprint density at radius 2 is 1.83 bits per heavy atom. The first-order chi connectivity index (χ1) is 17.3. The number of carbonyl (C=O) groups is 1. The van der Waals surface area contributed by atoms with Crippen LogP contribution in [0.4, 0.5) is 18.0 Å². The van der Waals surface area contributed by atoms with E-state index in [0.717, 1.165) is 50.4 Å². The second-order valence-corrected chi connectivity index (χ2v) is 10.1. The van der Waals surface area contributed by atoms with Gasteiger partial charge in [-0.1, -0.05) is 18.2 Å². The van der Waals surface area contributed by atoms with Crippen LogP contribution >= 0.6 is 0 Å². The zero-order valence-corrected chi connectivity index (χ0v) is 20.8. The third kappa shape index (κ3) is 4.77. The van der Waals surface area contributed by atoms with Gasteiger partial charge in [-0.25, -0.2) is 4.79 Å². The van der Waals surface area contributed by atoms with E-state index in [1.165, 1.54) is 5.56 Å². The summed E-state index contributed by atoms with van der Waals surface area (Å²) in [5, 5.41) is 0. The number of fused-ring (bicyclic) bond motifs is 1. The summed E-state index contributed by atoms with van der Waals surface area (Å²) < 4.78 is 45.0. The number of piperidine rings is 1. The number of pyridine rings is 1. The van der Waals surface area contributed by atoms with Crippen molar-refractivity contribution in [1.82, 2.24) is 19.7 Å². The van der Waals surface area contributed by atoms with E-state index in [2.05, 4.69) is 28.9 Å². The monoisotopic (exact) mass is 502 g/mol. The molecule has 0 aliphatic carbocycles. The highest BCUT2D eigenvalue weighted by atomic mass is 19.4. The third-order valence-electron chi connectivity index (χ3n) is 8.17.